The van der Waals surface area contributed by atoms with Gasteiger partial charge in [0.15, 0.2) is 0 Å². The Morgan fingerprint density at radius 3 is 3.12 bits per heavy atom. The number of aryl methyl sites for hydroxylation is 1. The molecule has 0 atom stereocenters. The second kappa shape index (κ2) is 6.25. The van der Waals surface area contributed by atoms with Gasteiger partial charge in [-0.3, -0.25) is 0 Å². The summed E-state index contributed by atoms with van der Waals surface area (Å²) >= 11 is 0. The van der Waals surface area contributed by atoms with E-state index < -0.39 is 0 Å². The van der Waals surface area contributed by atoms with Crippen molar-refractivity contribution in [3.8, 4) is 0 Å². The fraction of sp³-hybridized carbons (Fsp3) is 0.462. The first-order valence-electron chi connectivity index (χ1n) is 6.13. The number of imidazole rings is 1. The quantitative estimate of drug-likeness (QED) is 0.799. The molecule has 0 unspecified atom stereocenters. The van der Waals surface area contributed by atoms with Crippen LogP contribution in [0.15, 0.2) is 35.2 Å². The Morgan fingerprint density at radius 2 is 2.35 bits per heavy atom. The van der Waals surface area contributed by atoms with Crippen LogP contribution in [0.2, 0.25) is 0 Å². The van der Waals surface area contributed by atoms with Crippen LogP contribution >= 0.6 is 0 Å². The van der Waals surface area contributed by atoms with Crippen LogP contribution in [0.25, 0.3) is 0 Å². The molecule has 0 saturated carbocycles. The standard InChI is InChI=1S/C13H19N3O/c1-2-3-7-16-8-6-15-13(16)11-14-10-12-5-4-9-17-12/h4-6,8-9,14H,2-3,7,10-11H2,1H3. The molecule has 17 heavy (non-hydrogen) atoms. The minimum Gasteiger partial charge on any atom is -0.468 e. The molecule has 0 aliphatic heterocycles. The van der Waals surface area contributed by atoms with Crippen molar-refractivity contribution in [2.45, 2.75) is 39.4 Å². The zero-order valence-corrected chi connectivity index (χ0v) is 10.2. The molecule has 2 heterocycles. The van der Waals surface area contributed by atoms with Gasteiger partial charge in [-0.1, -0.05) is 13.3 Å². The van der Waals surface area contributed by atoms with Gasteiger partial charge in [0.1, 0.15) is 11.6 Å². The maximum atomic E-state index is 5.26. The fourth-order valence-corrected chi connectivity index (χ4v) is 1.75. The molecule has 0 saturated heterocycles. The van der Waals surface area contributed by atoms with Gasteiger partial charge in [-0.25, -0.2) is 4.98 Å². The molecule has 0 aliphatic carbocycles. The van der Waals surface area contributed by atoms with Crippen LogP contribution in [0.5, 0.6) is 0 Å². The molecule has 4 nitrogen and oxygen atoms in total. The number of unbranched alkanes of at least 4 members (excludes halogenated alkanes) is 1. The van der Waals surface area contributed by atoms with Gasteiger partial charge >= 0.3 is 0 Å². The molecule has 2 rings (SSSR count). The number of nitrogens with zero attached hydrogens (tertiary/aromatic N) is 2. The van der Waals surface area contributed by atoms with Crippen LogP contribution in [0, 0.1) is 0 Å². The Balaban J connectivity index is 1.80. The molecule has 0 spiro atoms. The maximum absolute atomic E-state index is 5.26. The van der Waals surface area contributed by atoms with E-state index in [0.29, 0.717) is 0 Å². The Labute approximate surface area is 102 Å². The summed E-state index contributed by atoms with van der Waals surface area (Å²) in [4.78, 5) is 4.36. The second-order valence-corrected chi connectivity index (χ2v) is 4.07. The average molecular weight is 233 g/mol. The van der Waals surface area contributed by atoms with Crippen LogP contribution in [-0.2, 0) is 19.6 Å². The Hall–Kier alpha value is -1.55. The van der Waals surface area contributed by atoms with Crippen molar-refractivity contribution < 1.29 is 4.42 Å². The van der Waals surface area contributed by atoms with E-state index >= 15 is 0 Å². The van der Waals surface area contributed by atoms with E-state index in [9.17, 15) is 0 Å². The molecule has 0 bridgehead atoms. The van der Waals surface area contributed by atoms with Crippen LogP contribution in [0.1, 0.15) is 31.4 Å². The van der Waals surface area contributed by atoms with Gasteiger partial charge in [0.05, 0.1) is 19.4 Å². The summed E-state index contributed by atoms with van der Waals surface area (Å²) in [7, 11) is 0. The average Bonchev–Trinajstić information content (AvgIpc) is 2.98. The number of aromatic nitrogens is 2. The molecule has 2 aromatic heterocycles. The number of rotatable bonds is 7. The molecular weight excluding hydrogens is 214 g/mol. The summed E-state index contributed by atoms with van der Waals surface area (Å²) in [5.41, 5.74) is 0. The third-order valence-corrected chi connectivity index (χ3v) is 2.72. The molecule has 0 radical (unpaired) electrons. The largest absolute Gasteiger partial charge is 0.468 e. The van der Waals surface area contributed by atoms with E-state index in [-0.39, 0.29) is 0 Å². The lowest BCUT2D eigenvalue weighted by Crippen LogP contribution is -2.16. The van der Waals surface area contributed by atoms with Gasteiger partial charge in [-0.05, 0) is 18.6 Å². The summed E-state index contributed by atoms with van der Waals surface area (Å²) < 4.78 is 7.47. The first-order chi connectivity index (χ1) is 8.40. The molecule has 0 fully saturated rings. The highest BCUT2D eigenvalue weighted by molar-refractivity contribution is 4.98. The zero-order chi connectivity index (χ0) is 11.9. The summed E-state index contributed by atoms with van der Waals surface area (Å²) in [6, 6.07) is 3.87. The van der Waals surface area contributed by atoms with Crippen LogP contribution in [-0.4, -0.2) is 9.55 Å². The van der Waals surface area contributed by atoms with Gasteiger partial charge in [-0.2, -0.15) is 0 Å². The molecule has 92 valence electrons. The van der Waals surface area contributed by atoms with E-state index in [0.717, 1.165) is 31.2 Å². The zero-order valence-electron chi connectivity index (χ0n) is 10.2. The minimum atomic E-state index is 0.744. The molecule has 0 aromatic carbocycles. The van der Waals surface area contributed by atoms with Crippen molar-refractivity contribution in [3.63, 3.8) is 0 Å². The highest BCUT2D eigenvalue weighted by Crippen LogP contribution is 2.03. The smallest absolute Gasteiger partial charge is 0.122 e. The van der Waals surface area contributed by atoms with Gasteiger partial charge in [0.2, 0.25) is 0 Å². The third kappa shape index (κ3) is 3.46. The number of furan rings is 1. The van der Waals surface area contributed by atoms with Crippen molar-refractivity contribution in [1.29, 1.82) is 0 Å². The highest BCUT2D eigenvalue weighted by Gasteiger charge is 2.02. The lowest BCUT2D eigenvalue weighted by molar-refractivity contribution is 0.475. The molecular formula is C13H19N3O. The van der Waals surface area contributed by atoms with Gasteiger partial charge in [0.25, 0.3) is 0 Å². The first-order valence-corrected chi connectivity index (χ1v) is 6.13. The Kier molecular flexibility index (Phi) is 4.38. The predicted octanol–water partition coefficient (Wildman–Crippen LogP) is 2.57. The molecule has 4 heteroatoms. The Morgan fingerprint density at radius 1 is 1.41 bits per heavy atom. The summed E-state index contributed by atoms with van der Waals surface area (Å²) in [5.74, 6) is 2.04. The van der Waals surface area contributed by atoms with Crippen molar-refractivity contribution in [1.82, 2.24) is 14.9 Å². The van der Waals surface area contributed by atoms with E-state index in [1.807, 2.05) is 24.5 Å². The molecule has 2 aromatic rings. The van der Waals surface area contributed by atoms with E-state index in [4.69, 9.17) is 4.42 Å². The van der Waals surface area contributed by atoms with Crippen LogP contribution in [0.4, 0.5) is 0 Å². The van der Waals surface area contributed by atoms with Crippen LogP contribution in [0.3, 0.4) is 0 Å². The van der Waals surface area contributed by atoms with E-state index in [1.165, 1.54) is 12.8 Å². The predicted molar refractivity (Wildman–Crippen MR) is 66.4 cm³/mol. The van der Waals surface area contributed by atoms with Crippen molar-refractivity contribution in [2.24, 2.45) is 0 Å². The molecule has 1 N–H and O–H groups in total. The number of hydrogen-bond acceptors (Lipinski definition) is 3. The monoisotopic (exact) mass is 233 g/mol. The van der Waals surface area contributed by atoms with E-state index in [1.54, 1.807) is 6.26 Å². The van der Waals surface area contributed by atoms with Crippen molar-refractivity contribution in [2.75, 3.05) is 0 Å². The van der Waals surface area contributed by atoms with Gasteiger partial charge < -0.3 is 14.3 Å². The van der Waals surface area contributed by atoms with Crippen molar-refractivity contribution in [3.05, 3.63) is 42.4 Å². The summed E-state index contributed by atoms with van der Waals surface area (Å²) in [6.07, 6.45) is 8.00. The topological polar surface area (TPSA) is 43.0 Å². The summed E-state index contributed by atoms with van der Waals surface area (Å²) in [5, 5.41) is 3.33. The molecule has 0 amide bonds. The summed E-state index contributed by atoms with van der Waals surface area (Å²) in [6.45, 7) is 4.77. The van der Waals surface area contributed by atoms with Gasteiger partial charge in [-0.15, -0.1) is 0 Å². The lowest BCUT2D eigenvalue weighted by atomic mass is 10.3. The number of nitrogens with one attached hydrogen (secondary N) is 1. The highest BCUT2D eigenvalue weighted by atomic mass is 16.3. The normalized spacial score (nSPS) is 10.9. The van der Waals surface area contributed by atoms with E-state index in [2.05, 4.69) is 21.8 Å². The first kappa shape index (κ1) is 11.9. The number of hydrogen-bond donors (Lipinski definition) is 1. The van der Waals surface area contributed by atoms with Crippen LogP contribution < -0.4 is 5.32 Å². The fourth-order valence-electron chi connectivity index (χ4n) is 1.75. The maximum Gasteiger partial charge on any atom is 0.122 e. The van der Waals surface area contributed by atoms with Gasteiger partial charge in [0, 0.05) is 18.9 Å². The Bertz CT molecular complexity index is 420. The molecule has 0 aliphatic rings. The second-order valence-electron chi connectivity index (χ2n) is 4.07. The van der Waals surface area contributed by atoms with Crippen molar-refractivity contribution >= 4 is 0 Å². The SMILES string of the molecule is CCCCn1ccnc1CNCc1ccco1. The lowest BCUT2D eigenvalue weighted by Gasteiger charge is -2.07. The third-order valence-electron chi connectivity index (χ3n) is 2.72. The minimum absolute atomic E-state index is 0.744.